The number of thiophene rings is 1. The van der Waals surface area contributed by atoms with Gasteiger partial charge >= 0.3 is 0 Å². The van der Waals surface area contributed by atoms with Crippen LogP contribution >= 0.6 is 11.3 Å². The summed E-state index contributed by atoms with van der Waals surface area (Å²) in [6.45, 7) is 10.4. The van der Waals surface area contributed by atoms with E-state index in [0.29, 0.717) is 43.4 Å². The van der Waals surface area contributed by atoms with Crippen LogP contribution in [0.1, 0.15) is 48.5 Å². The Morgan fingerprint density at radius 2 is 1.96 bits per heavy atom. The third-order valence-corrected chi connectivity index (χ3v) is 7.28. The fraction of sp³-hybridized carbons (Fsp3) is 0.684. The van der Waals surface area contributed by atoms with E-state index in [2.05, 4.69) is 38.3 Å². The Balaban J connectivity index is 1.83. The number of hydrogen-bond acceptors (Lipinski definition) is 5. The highest BCUT2D eigenvalue weighted by Crippen LogP contribution is 2.68. The molecule has 0 atom stereocenters. The van der Waals surface area contributed by atoms with Crippen LogP contribution in [0.4, 0.5) is 5.00 Å². The van der Waals surface area contributed by atoms with Gasteiger partial charge in [-0.1, -0.05) is 27.7 Å². The quantitative estimate of drug-likeness (QED) is 0.744. The monoisotopic (exact) mass is 380 g/mol. The van der Waals surface area contributed by atoms with Crippen LogP contribution in [0.5, 0.6) is 0 Å². The smallest absolute Gasteiger partial charge is 0.254 e. The predicted molar refractivity (Wildman–Crippen MR) is 102 cm³/mol. The molecule has 6 nitrogen and oxygen atoms in total. The minimum absolute atomic E-state index is 0.00884. The molecular weight excluding hydrogens is 352 g/mol. The summed E-state index contributed by atoms with van der Waals surface area (Å²) in [6.07, 6.45) is 0.690. The number of nitrogens with one attached hydrogen (secondary N) is 2. The number of hydrogen-bond donors (Lipinski definition) is 2. The molecule has 1 saturated carbocycles. The van der Waals surface area contributed by atoms with Crippen molar-refractivity contribution in [1.82, 2.24) is 5.32 Å². The maximum atomic E-state index is 12.9. The van der Waals surface area contributed by atoms with Gasteiger partial charge in [-0.25, -0.2) is 0 Å². The van der Waals surface area contributed by atoms with Crippen molar-refractivity contribution < 1.29 is 19.1 Å². The van der Waals surface area contributed by atoms with Crippen LogP contribution in [0.3, 0.4) is 0 Å². The molecule has 2 heterocycles. The van der Waals surface area contributed by atoms with Crippen molar-refractivity contribution in [2.24, 2.45) is 16.7 Å². The number of rotatable bonds is 6. The average molecular weight is 381 g/mol. The Kier molecular flexibility index (Phi) is 5.16. The van der Waals surface area contributed by atoms with Crippen LogP contribution in [-0.2, 0) is 27.3 Å². The van der Waals surface area contributed by atoms with Gasteiger partial charge in [-0.2, -0.15) is 0 Å². The third-order valence-electron chi connectivity index (χ3n) is 6.16. The Hall–Kier alpha value is -1.44. The van der Waals surface area contributed by atoms with Gasteiger partial charge in [0.2, 0.25) is 5.91 Å². The lowest BCUT2D eigenvalue weighted by atomic mass is 10.0. The zero-order chi connectivity index (χ0) is 19.1. The highest BCUT2D eigenvalue weighted by Gasteiger charge is 2.68. The van der Waals surface area contributed by atoms with E-state index >= 15 is 0 Å². The molecule has 0 saturated heterocycles. The van der Waals surface area contributed by atoms with Crippen LogP contribution in [-0.4, -0.2) is 38.7 Å². The van der Waals surface area contributed by atoms with E-state index in [0.717, 1.165) is 10.4 Å². The fourth-order valence-electron chi connectivity index (χ4n) is 3.95. The minimum Gasteiger partial charge on any atom is -0.383 e. The Morgan fingerprint density at radius 3 is 2.58 bits per heavy atom. The number of carbonyl (C=O) groups excluding carboxylic acids is 2. The summed E-state index contributed by atoms with van der Waals surface area (Å²) < 4.78 is 10.5. The number of anilines is 1. The van der Waals surface area contributed by atoms with Crippen LogP contribution in [0, 0.1) is 16.7 Å². The van der Waals surface area contributed by atoms with Gasteiger partial charge < -0.3 is 20.1 Å². The maximum Gasteiger partial charge on any atom is 0.254 e. The molecule has 1 aromatic heterocycles. The molecule has 1 aliphatic carbocycles. The van der Waals surface area contributed by atoms with Crippen molar-refractivity contribution in [3.05, 3.63) is 16.0 Å². The highest BCUT2D eigenvalue weighted by atomic mass is 32.1. The van der Waals surface area contributed by atoms with Gasteiger partial charge in [-0.15, -0.1) is 11.3 Å². The summed E-state index contributed by atoms with van der Waals surface area (Å²) >= 11 is 1.45. The van der Waals surface area contributed by atoms with E-state index in [1.165, 1.54) is 11.3 Å². The van der Waals surface area contributed by atoms with Crippen molar-refractivity contribution in [3.63, 3.8) is 0 Å². The van der Waals surface area contributed by atoms with E-state index in [1.54, 1.807) is 7.11 Å². The highest BCUT2D eigenvalue weighted by molar-refractivity contribution is 7.17. The molecule has 1 aliphatic heterocycles. The maximum absolute atomic E-state index is 12.9. The second-order valence-electron chi connectivity index (χ2n) is 8.12. The predicted octanol–water partition coefficient (Wildman–Crippen LogP) is 2.82. The first kappa shape index (κ1) is 19.3. The number of ether oxygens (including phenoxy) is 2. The number of carbonyl (C=O) groups is 2. The van der Waals surface area contributed by atoms with Crippen molar-refractivity contribution in [3.8, 4) is 0 Å². The minimum atomic E-state index is -0.161. The van der Waals surface area contributed by atoms with E-state index in [9.17, 15) is 9.59 Å². The summed E-state index contributed by atoms with van der Waals surface area (Å²) in [4.78, 5) is 26.6. The molecular formula is C19H28N2O4S. The molecule has 1 fully saturated rings. The number of fused-ring (bicyclic) bond motifs is 1. The van der Waals surface area contributed by atoms with E-state index in [-0.39, 0.29) is 28.6 Å². The molecule has 2 N–H and O–H groups in total. The lowest BCUT2D eigenvalue weighted by Gasteiger charge is -2.14. The first-order valence-corrected chi connectivity index (χ1v) is 9.83. The van der Waals surface area contributed by atoms with Gasteiger partial charge in [0.15, 0.2) is 0 Å². The first-order valence-electron chi connectivity index (χ1n) is 9.02. The van der Waals surface area contributed by atoms with E-state index in [1.807, 2.05) is 0 Å². The Bertz CT molecular complexity index is 709. The zero-order valence-corrected chi connectivity index (χ0v) is 17.0. The Morgan fingerprint density at radius 1 is 1.27 bits per heavy atom. The number of methoxy groups -OCH3 is 1. The summed E-state index contributed by atoms with van der Waals surface area (Å²) in [6, 6.07) is 0. The SMILES string of the molecule is COCCNC(=O)c1c(NC(=O)C2C(C)(C)C2(C)C)sc2c1CCOC2. The largest absolute Gasteiger partial charge is 0.383 e. The van der Waals surface area contributed by atoms with Crippen LogP contribution in [0.15, 0.2) is 0 Å². The lowest BCUT2D eigenvalue weighted by molar-refractivity contribution is -0.118. The third kappa shape index (κ3) is 3.17. The molecule has 26 heavy (non-hydrogen) atoms. The number of amides is 2. The fourth-order valence-corrected chi connectivity index (χ4v) is 5.14. The molecule has 1 aromatic rings. The van der Waals surface area contributed by atoms with E-state index in [4.69, 9.17) is 9.47 Å². The molecule has 144 valence electrons. The zero-order valence-electron chi connectivity index (χ0n) is 16.2. The van der Waals surface area contributed by atoms with E-state index < -0.39 is 0 Å². The first-order chi connectivity index (χ1) is 12.2. The molecule has 3 rings (SSSR count). The summed E-state index contributed by atoms with van der Waals surface area (Å²) in [5.41, 5.74) is 1.51. The molecule has 0 radical (unpaired) electrons. The van der Waals surface area contributed by atoms with Crippen molar-refractivity contribution >= 4 is 28.2 Å². The molecule has 0 unspecified atom stereocenters. The van der Waals surface area contributed by atoms with Crippen molar-refractivity contribution in [2.45, 2.75) is 40.7 Å². The van der Waals surface area contributed by atoms with Crippen LogP contribution < -0.4 is 10.6 Å². The normalized spacial score (nSPS) is 20.3. The molecule has 0 bridgehead atoms. The van der Waals surface area contributed by atoms with Gasteiger partial charge in [0.25, 0.3) is 5.91 Å². The van der Waals surface area contributed by atoms with Gasteiger partial charge in [0, 0.05) is 24.4 Å². The van der Waals surface area contributed by atoms with Crippen molar-refractivity contribution in [2.75, 3.05) is 32.2 Å². The van der Waals surface area contributed by atoms with Crippen molar-refractivity contribution in [1.29, 1.82) is 0 Å². The molecule has 2 aliphatic rings. The molecule has 0 aromatic carbocycles. The van der Waals surface area contributed by atoms with Gasteiger partial charge in [-0.05, 0) is 22.8 Å². The summed E-state index contributed by atoms with van der Waals surface area (Å²) in [5, 5.41) is 6.56. The van der Waals surface area contributed by atoms with Crippen LogP contribution in [0.2, 0.25) is 0 Å². The summed E-state index contributed by atoms with van der Waals surface area (Å²) in [7, 11) is 1.60. The average Bonchev–Trinajstić information content (AvgIpc) is 2.84. The summed E-state index contributed by atoms with van der Waals surface area (Å²) in [5.74, 6) is -0.230. The van der Waals surface area contributed by atoms with Crippen LogP contribution in [0.25, 0.3) is 0 Å². The molecule has 0 spiro atoms. The van der Waals surface area contributed by atoms with Gasteiger partial charge in [-0.3, -0.25) is 9.59 Å². The van der Waals surface area contributed by atoms with Gasteiger partial charge in [0.05, 0.1) is 25.4 Å². The standard InChI is InChI=1S/C19H28N2O4S/c1-18(2)14(19(18,3)4)16(23)21-17-13(15(22)20-7-9-24-5)11-6-8-25-10-12(11)26-17/h14H,6-10H2,1-5H3,(H,20,22)(H,21,23). The Labute approximate surface area is 158 Å². The van der Waals surface area contributed by atoms with Gasteiger partial charge in [0.1, 0.15) is 5.00 Å². The second kappa shape index (κ2) is 6.94. The topological polar surface area (TPSA) is 76.7 Å². The molecule has 2 amide bonds. The lowest BCUT2D eigenvalue weighted by Crippen LogP contribution is -2.29. The molecule has 7 heteroatoms. The second-order valence-corrected chi connectivity index (χ2v) is 9.23.